The SMILES string of the molecule is C=CC(=O)OCCn1c(=O)n(CCOC(=O)C=C)c(=O)n(C(=C)COOCC)c1=O. The van der Waals surface area contributed by atoms with Crippen molar-refractivity contribution in [1.82, 2.24) is 13.7 Å². The highest BCUT2D eigenvalue weighted by atomic mass is 17.2. The average molecular weight is 425 g/mol. The van der Waals surface area contributed by atoms with Crippen LogP contribution in [0.3, 0.4) is 0 Å². The van der Waals surface area contributed by atoms with Crippen molar-refractivity contribution in [3.63, 3.8) is 0 Å². The van der Waals surface area contributed by atoms with E-state index in [1.807, 2.05) is 0 Å². The first kappa shape index (κ1) is 24.5. The molecule has 30 heavy (non-hydrogen) atoms. The molecular formula is C18H23N3O9. The molecule has 0 atom stereocenters. The van der Waals surface area contributed by atoms with E-state index >= 15 is 0 Å². The number of nitrogens with zero attached hydrogens (tertiary/aromatic N) is 3. The highest BCUT2D eigenvalue weighted by Crippen LogP contribution is 1.95. The van der Waals surface area contributed by atoms with Gasteiger partial charge in [-0.3, -0.25) is 0 Å². The van der Waals surface area contributed by atoms with Gasteiger partial charge in [-0.1, -0.05) is 19.7 Å². The first-order valence-electron chi connectivity index (χ1n) is 8.76. The van der Waals surface area contributed by atoms with Crippen molar-refractivity contribution in [2.45, 2.75) is 20.0 Å². The number of rotatable bonds is 13. The van der Waals surface area contributed by atoms with E-state index in [0.29, 0.717) is 13.7 Å². The maximum Gasteiger partial charge on any atom is 0.340 e. The first-order chi connectivity index (χ1) is 14.3. The number of aromatic nitrogens is 3. The molecule has 0 N–H and O–H groups in total. The van der Waals surface area contributed by atoms with Gasteiger partial charge in [-0.05, 0) is 6.92 Å². The molecule has 0 saturated carbocycles. The Morgan fingerprint density at radius 2 is 1.33 bits per heavy atom. The summed E-state index contributed by atoms with van der Waals surface area (Å²) in [5, 5.41) is 0. The molecule has 1 aromatic rings. The standard InChI is InChI=1S/C18H23N3O9/c1-5-14(22)27-10-8-19-16(24)20(9-11-28-15(23)6-2)18(26)21(17(19)25)13(4)12-30-29-7-3/h5-6H,1-2,4,7-12H2,3H3. The summed E-state index contributed by atoms with van der Waals surface area (Å²) in [5.41, 5.74) is -3.11. The Kier molecular flexibility index (Phi) is 9.92. The van der Waals surface area contributed by atoms with Gasteiger partial charge in [0.15, 0.2) is 0 Å². The topological polar surface area (TPSA) is 137 Å². The maximum atomic E-state index is 12.7. The summed E-state index contributed by atoms with van der Waals surface area (Å²) in [6.07, 6.45) is 1.84. The fraction of sp³-hybridized carbons (Fsp3) is 0.389. The van der Waals surface area contributed by atoms with Gasteiger partial charge in [0, 0.05) is 12.2 Å². The predicted molar refractivity (Wildman–Crippen MR) is 104 cm³/mol. The number of esters is 2. The van der Waals surface area contributed by atoms with Crippen LogP contribution in [0.25, 0.3) is 5.70 Å². The second-order valence-corrected chi connectivity index (χ2v) is 5.46. The summed E-state index contributed by atoms with van der Waals surface area (Å²) in [5.74, 6) is -1.50. The molecule has 0 aliphatic carbocycles. The zero-order chi connectivity index (χ0) is 22.7. The van der Waals surface area contributed by atoms with Gasteiger partial charge < -0.3 is 9.47 Å². The molecule has 0 radical (unpaired) electrons. The van der Waals surface area contributed by atoms with Gasteiger partial charge in [0.2, 0.25) is 0 Å². The van der Waals surface area contributed by atoms with Crippen LogP contribution < -0.4 is 17.1 Å². The average Bonchev–Trinajstić information content (AvgIpc) is 2.72. The first-order valence-corrected chi connectivity index (χ1v) is 8.76. The lowest BCUT2D eigenvalue weighted by Crippen LogP contribution is -2.55. The van der Waals surface area contributed by atoms with E-state index in [0.717, 1.165) is 12.2 Å². The van der Waals surface area contributed by atoms with Gasteiger partial charge in [0.25, 0.3) is 0 Å². The van der Waals surface area contributed by atoms with E-state index in [9.17, 15) is 24.0 Å². The third-order valence-electron chi connectivity index (χ3n) is 3.50. The Hall–Kier alpha value is -3.51. The molecule has 0 aliphatic heterocycles. The van der Waals surface area contributed by atoms with Gasteiger partial charge in [0.05, 0.1) is 25.4 Å². The molecule has 1 heterocycles. The van der Waals surface area contributed by atoms with Crippen molar-refractivity contribution >= 4 is 17.6 Å². The fourth-order valence-electron chi connectivity index (χ4n) is 2.14. The minimum Gasteiger partial charge on any atom is -0.461 e. The highest BCUT2D eigenvalue weighted by molar-refractivity contribution is 5.81. The van der Waals surface area contributed by atoms with Gasteiger partial charge >= 0.3 is 29.0 Å². The van der Waals surface area contributed by atoms with Crippen LogP contribution >= 0.6 is 0 Å². The molecule has 0 saturated heterocycles. The molecular weight excluding hydrogens is 402 g/mol. The van der Waals surface area contributed by atoms with Crippen LogP contribution in [0.1, 0.15) is 6.92 Å². The Bertz CT molecular complexity index is 920. The van der Waals surface area contributed by atoms with Crippen molar-refractivity contribution in [3.05, 3.63) is 63.3 Å². The smallest absolute Gasteiger partial charge is 0.340 e. The van der Waals surface area contributed by atoms with E-state index < -0.39 is 29.0 Å². The molecule has 12 nitrogen and oxygen atoms in total. The quantitative estimate of drug-likeness (QED) is 0.129. The van der Waals surface area contributed by atoms with Crippen LogP contribution in [0, 0.1) is 0 Å². The largest absolute Gasteiger partial charge is 0.461 e. The second-order valence-electron chi connectivity index (χ2n) is 5.46. The van der Waals surface area contributed by atoms with Crippen molar-refractivity contribution in [2.24, 2.45) is 0 Å². The fourth-order valence-corrected chi connectivity index (χ4v) is 2.14. The molecule has 0 aromatic carbocycles. The zero-order valence-corrected chi connectivity index (χ0v) is 16.5. The molecule has 0 bridgehead atoms. The summed E-state index contributed by atoms with van der Waals surface area (Å²) in [6.45, 7) is 10.3. The molecule has 0 aliphatic rings. The van der Waals surface area contributed by atoms with Crippen LogP contribution in [0.5, 0.6) is 0 Å². The molecule has 0 spiro atoms. The molecule has 164 valence electrons. The Morgan fingerprint density at radius 1 is 0.867 bits per heavy atom. The monoisotopic (exact) mass is 425 g/mol. The van der Waals surface area contributed by atoms with Crippen molar-refractivity contribution in [2.75, 3.05) is 26.4 Å². The van der Waals surface area contributed by atoms with Gasteiger partial charge in [-0.25, -0.2) is 47.4 Å². The third kappa shape index (κ3) is 6.53. The van der Waals surface area contributed by atoms with Crippen LogP contribution in [0.2, 0.25) is 0 Å². The predicted octanol–water partition coefficient (Wildman–Crippen LogP) is -0.931. The number of hydrogen-bond acceptors (Lipinski definition) is 9. The summed E-state index contributed by atoms with van der Waals surface area (Å²) in [6, 6.07) is 0. The second kappa shape index (κ2) is 12.1. The lowest BCUT2D eigenvalue weighted by atomic mass is 10.5. The van der Waals surface area contributed by atoms with Gasteiger partial charge in [0.1, 0.15) is 19.8 Å². The van der Waals surface area contributed by atoms with Gasteiger partial charge in [-0.2, -0.15) is 0 Å². The Balaban J connectivity index is 3.33. The van der Waals surface area contributed by atoms with Crippen LogP contribution in [-0.4, -0.2) is 52.1 Å². The summed E-state index contributed by atoms with van der Waals surface area (Å²) < 4.78 is 11.5. The summed E-state index contributed by atoms with van der Waals surface area (Å²) in [7, 11) is 0. The Morgan fingerprint density at radius 3 is 1.73 bits per heavy atom. The van der Waals surface area contributed by atoms with Crippen LogP contribution in [-0.2, 0) is 41.9 Å². The highest BCUT2D eigenvalue weighted by Gasteiger charge is 2.18. The zero-order valence-electron chi connectivity index (χ0n) is 16.5. The van der Waals surface area contributed by atoms with Crippen LogP contribution in [0.15, 0.2) is 46.3 Å². The van der Waals surface area contributed by atoms with E-state index in [2.05, 4.69) is 19.7 Å². The minimum atomic E-state index is -1.01. The lowest BCUT2D eigenvalue weighted by molar-refractivity contribution is -0.281. The summed E-state index contributed by atoms with van der Waals surface area (Å²) in [4.78, 5) is 69.9. The molecule has 0 unspecified atom stereocenters. The Labute approximate surface area is 170 Å². The van der Waals surface area contributed by atoms with E-state index in [4.69, 9.17) is 19.2 Å². The minimum absolute atomic E-state index is 0.105. The number of carbonyl (C=O) groups excluding carboxylic acids is 2. The summed E-state index contributed by atoms with van der Waals surface area (Å²) >= 11 is 0. The molecule has 0 amide bonds. The normalized spacial score (nSPS) is 10.3. The van der Waals surface area contributed by atoms with Crippen molar-refractivity contribution < 1.29 is 28.8 Å². The molecule has 1 aromatic heterocycles. The molecule has 0 fully saturated rings. The van der Waals surface area contributed by atoms with E-state index in [1.54, 1.807) is 6.92 Å². The lowest BCUT2D eigenvalue weighted by Gasteiger charge is -2.15. The number of ether oxygens (including phenoxy) is 2. The van der Waals surface area contributed by atoms with Crippen molar-refractivity contribution in [3.8, 4) is 0 Å². The maximum absolute atomic E-state index is 12.7. The van der Waals surface area contributed by atoms with Crippen molar-refractivity contribution in [1.29, 1.82) is 0 Å². The van der Waals surface area contributed by atoms with Gasteiger partial charge in [-0.15, -0.1) is 0 Å². The molecule has 12 heteroatoms. The molecule has 1 rings (SSSR count). The number of hydrogen-bond donors (Lipinski definition) is 0. The van der Waals surface area contributed by atoms with E-state index in [1.165, 1.54) is 0 Å². The van der Waals surface area contributed by atoms with E-state index in [-0.39, 0.29) is 45.2 Å². The third-order valence-corrected chi connectivity index (χ3v) is 3.50. The van der Waals surface area contributed by atoms with Crippen LogP contribution in [0.4, 0.5) is 0 Å². The number of carbonyl (C=O) groups is 2.